The first-order valence-corrected chi connectivity index (χ1v) is 2.43. The average molecular weight is 112 g/mol. The predicted octanol–water partition coefficient (Wildman–Crippen LogP) is 1.02. The molecule has 0 saturated carbocycles. The Morgan fingerprint density at radius 1 is 1.75 bits per heavy atom. The van der Waals surface area contributed by atoms with Crippen molar-refractivity contribution in [1.82, 2.24) is 4.98 Å². The highest BCUT2D eigenvalue weighted by atomic mass is 16.4. The molecule has 3 heteroatoms. The Kier molecular flexibility index (Phi) is 1.20. The van der Waals surface area contributed by atoms with Gasteiger partial charge in [0.25, 0.3) is 0 Å². The van der Waals surface area contributed by atoms with Crippen molar-refractivity contribution in [2.75, 3.05) is 12.4 Å². The molecule has 8 heavy (non-hydrogen) atoms. The Balaban J connectivity index is 2.84. The molecule has 0 spiro atoms. The van der Waals surface area contributed by atoms with Gasteiger partial charge in [-0.2, -0.15) is 0 Å². The van der Waals surface area contributed by atoms with E-state index in [2.05, 4.69) is 10.3 Å². The summed E-state index contributed by atoms with van der Waals surface area (Å²) < 4.78 is 5.01. The Bertz CT molecular complexity index is 171. The Morgan fingerprint density at radius 3 is 2.75 bits per heavy atom. The summed E-state index contributed by atoms with van der Waals surface area (Å²) in [5, 5.41) is 2.82. The number of hydrogen-bond donors (Lipinski definition) is 1. The van der Waals surface area contributed by atoms with E-state index in [4.69, 9.17) is 4.42 Å². The van der Waals surface area contributed by atoms with Crippen molar-refractivity contribution in [3.05, 3.63) is 12.1 Å². The predicted molar refractivity (Wildman–Crippen MR) is 30.8 cm³/mol. The summed E-state index contributed by atoms with van der Waals surface area (Å²) >= 11 is 0. The lowest BCUT2D eigenvalue weighted by Gasteiger charge is -1.85. The molecule has 0 amide bonds. The van der Waals surface area contributed by atoms with Crippen LogP contribution in [0.15, 0.2) is 10.6 Å². The molecule has 0 atom stereocenters. The molecular formula is C5H8N2O. The standard InChI is InChI=1S/C5H8N2O/c1-4-7-3-5(6-2)8-4/h3,6H,1-2H3. The highest BCUT2D eigenvalue weighted by molar-refractivity contribution is 5.25. The summed E-state index contributed by atoms with van der Waals surface area (Å²) in [5.74, 6) is 1.40. The first-order valence-electron chi connectivity index (χ1n) is 2.43. The largest absolute Gasteiger partial charge is 0.426 e. The Morgan fingerprint density at radius 2 is 2.50 bits per heavy atom. The molecule has 0 saturated heterocycles. The van der Waals surface area contributed by atoms with Gasteiger partial charge in [0.1, 0.15) is 0 Å². The zero-order valence-electron chi connectivity index (χ0n) is 4.93. The molecule has 0 bridgehead atoms. The first kappa shape index (κ1) is 5.15. The van der Waals surface area contributed by atoms with E-state index in [0.717, 1.165) is 0 Å². The van der Waals surface area contributed by atoms with Crippen molar-refractivity contribution < 1.29 is 4.42 Å². The van der Waals surface area contributed by atoms with Crippen molar-refractivity contribution >= 4 is 5.88 Å². The van der Waals surface area contributed by atoms with Crippen LogP contribution in [0.1, 0.15) is 5.89 Å². The third-order valence-corrected chi connectivity index (χ3v) is 0.868. The third kappa shape index (κ3) is 0.804. The second-order valence-corrected chi connectivity index (χ2v) is 1.49. The van der Waals surface area contributed by atoms with Crippen LogP contribution in [-0.2, 0) is 0 Å². The quantitative estimate of drug-likeness (QED) is 0.589. The SMILES string of the molecule is CNc1cnc(C)o1. The zero-order valence-corrected chi connectivity index (χ0v) is 4.93. The molecule has 0 unspecified atom stereocenters. The minimum Gasteiger partial charge on any atom is -0.426 e. The number of rotatable bonds is 1. The monoisotopic (exact) mass is 112 g/mol. The van der Waals surface area contributed by atoms with Crippen LogP contribution in [0.4, 0.5) is 5.88 Å². The number of oxazole rings is 1. The maximum Gasteiger partial charge on any atom is 0.213 e. The molecule has 44 valence electrons. The van der Waals surface area contributed by atoms with E-state index < -0.39 is 0 Å². The molecule has 0 aliphatic rings. The topological polar surface area (TPSA) is 38.1 Å². The molecule has 0 aliphatic carbocycles. The van der Waals surface area contributed by atoms with Gasteiger partial charge in [0.05, 0.1) is 6.20 Å². The van der Waals surface area contributed by atoms with E-state index in [1.54, 1.807) is 20.2 Å². The second kappa shape index (κ2) is 1.86. The molecule has 1 heterocycles. The maximum atomic E-state index is 5.01. The fraction of sp³-hybridized carbons (Fsp3) is 0.400. The fourth-order valence-electron chi connectivity index (χ4n) is 0.477. The normalized spacial score (nSPS) is 9.25. The van der Waals surface area contributed by atoms with Crippen LogP contribution < -0.4 is 5.32 Å². The van der Waals surface area contributed by atoms with Crippen LogP contribution >= 0.6 is 0 Å². The van der Waals surface area contributed by atoms with Gasteiger partial charge in [-0.15, -0.1) is 0 Å². The van der Waals surface area contributed by atoms with Gasteiger partial charge in [0, 0.05) is 14.0 Å². The first-order chi connectivity index (χ1) is 3.83. The molecule has 0 aromatic carbocycles. The summed E-state index contributed by atoms with van der Waals surface area (Å²) in [4.78, 5) is 3.86. The van der Waals surface area contributed by atoms with Crippen LogP contribution in [0.3, 0.4) is 0 Å². The lowest BCUT2D eigenvalue weighted by molar-refractivity contribution is 0.535. The molecule has 0 fully saturated rings. The second-order valence-electron chi connectivity index (χ2n) is 1.49. The lowest BCUT2D eigenvalue weighted by atomic mass is 10.8. The number of aryl methyl sites for hydroxylation is 1. The molecule has 1 rings (SSSR count). The van der Waals surface area contributed by atoms with Crippen LogP contribution in [0, 0.1) is 6.92 Å². The van der Waals surface area contributed by atoms with Crippen LogP contribution in [0.5, 0.6) is 0 Å². The number of nitrogens with zero attached hydrogens (tertiary/aromatic N) is 1. The highest BCUT2D eigenvalue weighted by Gasteiger charge is 1.91. The van der Waals surface area contributed by atoms with Crippen LogP contribution in [-0.4, -0.2) is 12.0 Å². The smallest absolute Gasteiger partial charge is 0.213 e. The molecule has 0 aliphatic heterocycles. The van der Waals surface area contributed by atoms with Gasteiger partial charge in [-0.1, -0.05) is 0 Å². The average Bonchev–Trinajstić information content (AvgIpc) is 2.14. The molecule has 1 aromatic rings. The Labute approximate surface area is 47.7 Å². The van der Waals surface area contributed by atoms with E-state index in [-0.39, 0.29) is 0 Å². The van der Waals surface area contributed by atoms with Crippen LogP contribution in [0.25, 0.3) is 0 Å². The van der Waals surface area contributed by atoms with Gasteiger partial charge in [-0.3, -0.25) is 0 Å². The highest BCUT2D eigenvalue weighted by Crippen LogP contribution is 2.05. The minimum atomic E-state index is 0.689. The van der Waals surface area contributed by atoms with Crippen molar-refractivity contribution in [3.8, 4) is 0 Å². The summed E-state index contributed by atoms with van der Waals surface area (Å²) in [7, 11) is 1.79. The summed E-state index contributed by atoms with van der Waals surface area (Å²) in [5.41, 5.74) is 0. The van der Waals surface area contributed by atoms with Crippen molar-refractivity contribution in [2.45, 2.75) is 6.92 Å². The summed E-state index contributed by atoms with van der Waals surface area (Å²) in [6, 6.07) is 0. The maximum absolute atomic E-state index is 5.01. The van der Waals surface area contributed by atoms with Gasteiger partial charge in [0.2, 0.25) is 5.88 Å². The van der Waals surface area contributed by atoms with E-state index in [0.29, 0.717) is 11.8 Å². The van der Waals surface area contributed by atoms with Crippen molar-refractivity contribution in [1.29, 1.82) is 0 Å². The Hall–Kier alpha value is -0.990. The van der Waals surface area contributed by atoms with Crippen molar-refractivity contribution in [3.63, 3.8) is 0 Å². The van der Waals surface area contributed by atoms with E-state index in [9.17, 15) is 0 Å². The van der Waals surface area contributed by atoms with E-state index >= 15 is 0 Å². The lowest BCUT2D eigenvalue weighted by Crippen LogP contribution is -1.81. The molecule has 3 nitrogen and oxygen atoms in total. The molecule has 0 radical (unpaired) electrons. The van der Waals surface area contributed by atoms with Gasteiger partial charge in [-0.25, -0.2) is 4.98 Å². The van der Waals surface area contributed by atoms with Crippen molar-refractivity contribution in [2.24, 2.45) is 0 Å². The van der Waals surface area contributed by atoms with Crippen LogP contribution in [0.2, 0.25) is 0 Å². The zero-order chi connectivity index (χ0) is 5.98. The summed E-state index contributed by atoms with van der Waals surface area (Å²) in [6.07, 6.45) is 1.65. The van der Waals surface area contributed by atoms with Gasteiger partial charge >= 0.3 is 0 Å². The fourth-order valence-corrected chi connectivity index (χ4v) is 0.477. The number of hydrogen-bond acceptors (Lipinski definition) is 3. The van der Waals surface area contributed by atoms with E-state index in [1.165, 1.54) is 0 Å². The molecular weight excluding hydrogens is 104 g/mol. The summed E-state index contributed by atoms with van der Waals surface area (Å²) in [6.45, 7) is 1.81. The van der Waals surface area contributed by atoms with Gasteiger partial charge in [-0.05, 0) is 0 Å². The number of aromatic nitrogens is 1. The van der Waals surface area contributed by atoms with E-state index in [1.807, 2.05) is 0 Å². The van der Waals surface area contributed by atoms with Gasteiger partial charge in [0.15, 0.2) is 5.89 Å². The number of anilines is 1. The molecule has 1 N–H and O–H groups in total. The third-order valence-electron chi connectivity index (χ3n) is 0.868. The van der Waals surface area contributed by atoms with Gasteiger partial charge < -0.3 is 9.73 Å². The number of nitrogens with one attached hydrogen (secondary N) is 1. The molecule has 1 aromatic heterocycles. The minimum absolute atomic E-state index is 0.689.